The van der Waals surface area contributed by atoms with Crippen LogP contribution < -0.4 is 4.90 Å². The lowest BCUT2D eigenvalue weighted by molar-refractivity contribution is -0.115. The number of para-hydroxylation sites is 1. The molecule has 0 unspecified atom stereocenters. The van der Waals surface area contributed by atoms with Gasteiger partial charge in [-0.05, 0) is 44.0 Å². The predicted octanol–water partition coefficient (Wildman–Crippen LogP) is 6.59. The van der Waals surface area contributed by atoms with E-state index in [1.165, 1.54) is 16.9 Å². The van der Waals surface area contributed by atoms with Crippen LogP contribution in [0.4, 0.5) is 10.8 Å². The van der Waals surface area contributed by atoms with Crippen LogP contribution in [0.1, 0.15) is 29.3 Å². The van der Waals surface area contributed by atoms with Crippen molar-refractivity contribution >= 4 is 50.7 Å². The average Bonchev–Trinajstić information content (AvgIpc) is 3.17. The van der Waals surface area contributed by atoms with Gasteiger partial charge in [0.25, 0.3) is 0 Å². The number of hydrogen-bond acceptors (Lipinski definition) is 5. The molecule has 152 valence electrons. The van der Waals surface area contributed by atoms with Crippen LogP contribution in [0.5, 0.6) is 0 Å². The third-order valence-electron chi connectivity index (χ3n) is 4.85. The molecule has 6 heteroatoms. The highest BCUT2D eigenvalue weighted by Gasteiger charge is 2.21. The molecule has 0 N–H and O–H groups in total. The van der Waals surface area contributed by atoms with E-state index in [-0.39, 0.29) is 5.91 Å². The van der Waals surface area contributed by atoms with E-state index in [2.05, 4.69) is 31.2 Å². The van der Waals surface area contributed by atoms with Gasteiger partial charge < -0.3 is 0 Å². The maximum Gasteiger partial charge on any atom is 0.230 e. The quantitative estimate of drug-likeness (QED) is 0.333. The average molecular weight is 434 g/mol. The zero-order valence-corrected chi connectivity index (χ0v) is 19.1. The van der Waals surface area contributed by atoms with Gasteiger partial charge in [0.1, 0.15) is 0 Å². The summed E-state index contributed by atoms with van der Waals surface area (Å²) >= 11 is 3.16. The van der Waals surface area contributed by atoms with E-state index in [9.17, 15) is 4.79 Å². The molecule has 0 aliphatic heterocycles. The van der Waals surface area contributed by atoms with Crippen molar-refractivity contribution in [3.05, 3.63) is 76.3 Å². The number of fused-ring (bicyclic) bond motifs is 1. The van der Waals surface area contributed by atoms with E-state index in [4.69, 9.17) is 9.97 Å². The molecule has 4 aromatic rings. The zero-order valence-electron chi connectivity index (χ0n) is 17.5. The second-order valence-electron chi connectivity index (χ2n) is 7.35. The van der Waals surface area contributed by atoms with E-state index in [1.807, 2.05) is 43.5 Å². The summed E-state index contributed by atoms with van der Waals surface area (Å²) in [5.74, 6) is 0.675. The van der Waals surface area contributed by atoms with Crippen molar-refractivity contribution in [2.75, 3.05) is 4.90 Å². The maximum absolute atomic E-state index is 12.5. The lowest BCUT2D eigenvalue weighted by Crippen LogP contribution is -2.24. The number of carbonyl (C=O) groups excluding carboxylic acids is 1. The minimum absolute atomic E-state index is 0.0326. The molecule has 2 aromatic heterocycles. The van der Waals surface area contributed by atoms with E-state index in [0.717, 1.165) is 38.4 Å². The van der Waals surface area contributed by atoms with Gasteiger partial charge in [0.2, 0.25) is 5.91 Å². The number of hydrogen-bond donors (Lipinski definition) is 0. The topological polar surface area (TPSA) is 46.1 Å². The second kappa shape index (κ2) is 8.58. The molecule has 0 saturated carbocycles. The summed E-state index contributed by atoms with van der Waals surface area (Å²) in [4.78, 5) is 23.7. The summed E-state index contributed by atoms with van der Waals surface area (Å²) in [5, 5.41) is 4.84. The first-order valence-electron chi connectivity index (χ1n) is 9.74. The van der Waals surface area contributed by atoms with E-state index in [0.29, 0.717) is 10.9 Å². The number of nitrogens with zero attached hydrogens (tertiary/aromatic N) is 3. The Morgan fingerprint density at radius 1 is 1.03 bits per heavy atom. The molecule has 0 aliphatic rings. The van der Waals surface area contributed by atoms with Gasteiger partial charge in [-0.3, -0.25) is 9.69 Å². The Hall–Kier alpha value is -2.70. The smallest absolute Gasteiger partial charge is 0.230 e. The normalized spacial score (nSPS) is 11.1. The number of aryl methyl sites for hydroxylation is 3. The molecule has 0 radical (unpaired) electrons. The van der Waals surface area contributed by atoms with Crippen molar-refractivity contribution in [3.63, 3.8) is 0 Å². The summed E-state index contributed by atoms with van der Waals surface area (Å²) in [6.07, 6.45) is 0. The number of thiazole rings is 1. The van der Waals surface area contributed by atoms with Crippen LogP contribution in [0.2, 0.25) is 0 Å². The molecule has 0 atom stereocenters. The van der Waals surface area contributed by atoms with Gasteiger partial charge in [0.05, 0.1) is 21.9 Å². The summed E-state index contributed by atoms with van der Waals surface area (Å²) in [6, 6.07) is 16.5. The van der Waals surface area contributed by atoms with E-state index in [1.54, 1.807) is 23.6 Å². The van der Waals surface area contributed by atoms with E-state index >= 15 is 0 Å². The fourth-order valence-electron chi connectivity index (χ4n) is 3.65. The molecule has 2 aromatic carbocycles. The lowest BCUT2D eigenvalue weighted by atomic mass is 10.0. The number of thioether (sulfide) groups is 1. The van der Waals surface area contributed by atoms with E-state index < -0.39 is 0 Å². The van der Waals surface area contributed by atoms with Crippen LogP contribution in [-0.4, -0.2) is 15.9 Å². The Labute approximate surface area is 185 Å². The molecule has 1 amide bonds. The molecule has 2 heterocycles. The number of aromatic nitrogens is 2. The molecule has 0 aliphatic carbocycles. The highest BCUT2D eigenvalue weighted by molar-refractivity contribution is 7.98. The molecule has 4 rings (SSSR count). The molecular weight excluding hydrogens is 410 g/mol. The zero-order chi connectivity index (χ0) is 21.3. The summed E-state index contributed by atoms with van der Waals surface area (Å²) < 4.78 is 0. The minimum Gasteiger partial charge on any atom is -0.274 e. The first kappa shape index (κ1) is 20.6. The molecule has 0 fully saturated rings. The first-order chi connectivity index (χ1) is 14.4. The highest BCUT2D eigenvalue weighted by Crippen LogP contribution is 2.35. The molecular formula is C24H23N3OS2. The van der Waals surface area contributed by atoms with Crippen LogP contribution >= 0.6 is 23.1 Å². The highest BCUT2D eigenvalue weighted by atomic mass is 32.2. The fraction of sp³-hybridized carbons (Fsp3) is 0.208. The summed E-state index contributed by atoms with van der Waals surface area (Å²) in [5.41, 5.74) is 6.22. The second-order valence-corrected chi connectivity index (χ2v) is 9.19. The van der Waals surface area contributed by atoms with Gasteiger partial charge >= 0.3 is 0 Å². The molecule has 0 bridgehead atoms. The van der Waals surface area contributed by atoms with Crippen molar-refractivity contribution in [2.24, 2.45) is 0 Å². The van der Waals surface area contributed by atoms with Crippen LogP contribution in [0.15, 0.2) is 58.9 Å². The number of pyridine rings is 1. The fourth-order valence-corrected chi connectivity index (χ4v) is 5.40. The van der Waals surface area contributed by atoms with Gasteiger partial charge in [-0.2, -0.15) is 0 Å². The maximum atomic E-state index is 12.5. The first-order valence-corrected chi connectivity index (χ1v) is 11.6. The Bertz CT molecular complexity index is 1210. The summed E-state index contributed by atoms with van der Waals surface area (Å²) in [7, 11) is 0. The van der Waals surface area contributed by atoms with Crippen LogP contribution in [0, 0.1) is 20.8 Å². The molecule has 0 saturated heterocycles. The largest absolute Gasteiger partial charge is 0.274 e. The number of rotatable bonds is 5. The SMILES string of the molecule is CC(=O)N(c1nc(CSc2ccc3ccccc3n2)cs1)c1c(C)cc(C)cc1C. The lowest BCUT2D eigenvalue weighted by Gasteiger charge is -2.23. The van der Waals surface area contributed by atoms with Crippen LogP contribution in [0.25, 0.3) is 10.9 Å². The Morgan fingerprint density at radius 3 is 2.50 bits per heavy atom. The van der Waals surface area contributed by atoms with Crippen molar-refractivity contribution in [3.8, 4) is 0 Å². The van der Waals surface area contributed by atoms with Gasteiger partial charge in [-0.1, -0.05) is 53.7 Å². The minimum atomic E-state index is -0.0326. The van der Waals surface area contributed by atoms with Crippen LogP contribution in [-0.2, 0) is 10.5 Å². The van der Waals surface area contributed by atoms with Crippen molar-refractivity contribution < 1.29 is 4.79 Å². The van der Waals surface area contributed by atoms with Gasteiger partial charge in [-0.25, -0.2) is 9.97 Å². The van der Waals surface area contributed by atoms with Gasteiger partial charge in [0.15, 0.2) is 5.13 Å². The van der Waals surface area contributed by atoms with Crippen molar-refractivity contribution in [1.82, 2.24) is 9.97 Å². The predicted molar refractivity (Wildman–Crippen MR) is 127 cm³/mol. The number of benzene rings is 2. The van der Waals surface area contributed by atoms with Gasteiger partial charge in [-0.15, -0.1) is 11.3 Å². The Balaban J connectivity index is 1.56. The van der Waals surface area contributed by atoms with Crippen molar-refractivity contribution in [2.45, 2.75) is 38.5 Å². The molecule has 4 nitrogen and oxygen atoms in total. The van der Waals surface area contributed by atoms with Crippen LogP contribution in [0.3, 0.4) is 0 Å². The number of anilines is 2. The Kier molecular flexibility index (Phi) is 5.88. The standard InChI is InChI=1S/C24H23N3OS2/c1-15-11-16(2)23(17(3)12-15)27(18(4)28)24-25-20(14-30-24)13-29-22-10-9-19-7-5-6-8-21(19)26-22/h5-12,14H,13H2,1-4H3. The Morgan fingerprint density at radius 2 is 1.77 bits per heavy atom. The third-order valence-corrected chi connectivity index (χ3v) is 6.68. The molecule has 30 heavy (non-hydrogen) atoms. The number of amides is 1. The molecule has 0 spiro atoms. The monoisotopic (exact) mass is 433 g/mol. The third kappa shape index (κ3) is 4.25. The van der Waals surface area contributed by atoms with Crippen molar-refractivity contribution in [1.29, 1.82) is 0 Å². The summed E-state index contributed by atoms with van der Waals surface area (Å²) in [6.45, 7) is 7.75. The van der Waals surface area contributed by atoms with Gasteiger partial charge in [0, 0.05) is 23.4 Å². The number of carbonyl (C=O) groups is 1.